The van der Waals surface area contributed by atoms with Crippen molar-refractivity contribution in [3.8, 4) is 0 Å². The SMILES string of the molecule is N=C(N)c1cccc(S(=O)(=O)CCSc2ccccc2)c1. The highest BCUT2D eigenvalue weighted by molar-refractivity contribution is 8.00. The van der Waals surface area contributed by atoms with Gasteiger partial charge in [0.05, 0.1) is 10.6 Å². The summed E-state index contributed by atoms with van der Waals surface area (Å²) in [6.45, 7) is 0. The molecule has 110 valence electrons. The van der Waals surface area contributed by atoms with E-state index < -0.39 is 9.84 Å². The summed E-state index contributed by atoms with van der Waals surface area (Å²) in [6, 6.07) is 15.9. The topological polar surface area (TPSA) is 84.0 Å². The summed E-state index contributed by atoms with van der Waals surface area (Å²) in [5, 5.41) is 7.37. The van der Waals surface area contributed by atoms with Gasteiger partial charge in [-0.25, -0.2) is 8.42 Å². The Balaban J connectivity index is 2.05. The number of nitrogen functional groups attached to an aromatic ring is 1. The summed E-state index contributed by atoms with van der Waals surface area (Å²) in [4.78, 5) is 1.26. The van der Waals surface area contributed by atoms with Gasteiger partial charge in [0, 0.05) is 16.2 Å². The van der Waals surface area contributed by atoms with Crippen LogP contribution >= 0.6 is 11.8 Å². The molecule has 0 aliphatic rings. The van der Waals surface area contributed by atoms with Crippen LogP contribution in [0, 0.1) is 5.41 Å². The van der Waals surface area contributed by atoms with Gasteiger partial charge in [0.15, 0.2) is 9.84 Å². The van der Waals surface area contributed by atoms with Crippen molar-refractivity contribution in [2.75, 3.05) is 11.5 Å². The van der Waals surface area contributed by atoms with E-state index in [0.29, 0.717) is 11.3 Å². The molecule has 0 fully saturated rings. The van der Waals surface area contributed by atoms with Crippen molar-refractivity contribution in [2.45, 2.75) is 9.79 Å². The maximum absolute atomic E-state index is 12.3. The second kappa shape index (κ2) is 6.78. The predicted molar refractivity (Wildman–Crippen MR) is 86.7 cm³/mol. The van der Waals surface area contributed by atoms with E-state index in [4.69, 9.17) is 11.1 Å². The highest BCUT2D eigenvalue weighted by Gasteiger charge is 2.15. The number of amidine groups is 1. The molecule has 0 spiro atoms. The fourth-order valence-electron chi connectivity index (χ4n) is 1.76. The molecule has 2 aromatic rings. The van der Waals surface area contributed by atoms with Crippen LogP contribution in [0.1, 0.15) is 5.56 Å². The monoisotopic (exact) mass is 320 g/mol. The summed E-state index contributed by atoms with van der Waals surface area (Å²) in [7, 11) is -3.36. The second-order valence-electron chi connectivity index (χ2n) is 4.42. The number of benzene rings is 2. The Kier molecular flexibility index (Phi) is 5.03. The molecule has 0 heterocycles. The Morgan fingerprint density at radius 2 is 1.81 bits per heavy atom. The number of hydrogen-bond acceptors (Lipinski definition) is 4. The van der Waals surface area contributed by atoms with E-state index in [9.17, 15) is 8.42 Å². The predicted octanol–water partition coefficient (Wildman–Crippen LogP) is 2.54. The van der Waals surface area contributed by atoms with E-state index in [1.165, 1.54) is 23.9 Å². The molecule has 2 aromatic carbocycles. The van der Waals surface area contributed by atoms with Crippen molar-refractivity contribution in [3.63, 3.8) is 0 Å². The number of thioether (sulfide) groups is 1. The first kappa shape index (κ1) is 15.6. The molecule has 0 aliphatic heterocycles. The molecule has 0 amide bonds. The molecule has 0 unspecified atom stereocenters. The number of sulfone groups is 1. The standard InChI is InChI=1S/C15H16N2O2S2/c16-15(17)12-5-4-8-14(11-12)21(18,19)10-9-20-13-6-2-1-3-7-13/h1-8,11H,9-10H2,(H3,16,17). The Morgan fingerprint density at radius 1 is 1.10 bits per heavy atom. The number of hydrogen-bond donors (Lipinski definition) is 2. The first-order chi connectivity index (χ1) is 9.99. The lowest BCUT2D eigenvalue weighted by atomic mass is 10.2. The van der Waals surface area contributed by atoms with Gasteiger partial charge in [-0.15, -0.1) is 11.8 Å². The normalized spacial score (nSPS) is 11.2. The number of nitrogens with two attached hydrogens (primary N) is 1. The molecule has 0 saturated carbocycles. The Labute approximate surface area is 128 Å². The van der Waals surface area contributed by atoms with Crippen LogP contribution < -0.4 is 5.73 Å². The van der Waals surface area contributed by atoms with E-state index in [1.54, 1.807) is 12.1 Å². The zero-order valence-electron chi connectivity index (χ0n) is 11.3. The average Bonchev–Trinajstić information content (AvgIpc) is 2.48. The summed E-state index contributed by atoms with van der Waals surface area (Å²) >= 11 is 1.51. The van der Waals surface area contributed by atoms with Crippen molar-refractivity contribution >= 4 is 27.4 Å². The molecule has 4 nitrogen and oxygen atoms in total. The quantitative estimate of drug-likeness (QED) is 0.487. The molecule has 0 aliphatic carbocycles. The second-order valence-corrected chi connectivity index (χ2v) is 7.70. The highest BCUT2D eigenvalue weighted by atomic mass is 32.2. The third-order valence-corrected chi connectivity index (χ3v) is 5.85. The fourth-order valence-corrected chi connectivity index (χ4v) is 4.39. The fraction of sp³-hybridized carbons (Fsp3) is 0.133. The highest BCUT2D eigenvalue weighted by Crippen LogP contribution is 2.20. The minimum Gasteiger partial charge on any atom is -0.384 e. The molecule has 0 bridgehead atoms. The maximum Gasteiger partial charge on any atom is 0.179 e. The number of rotatable bonds is 6. The summed E-state index contributed by atoms with van der Waals surface area (Å²) in [5.41, 5.74) is 5.81. The smallest absolute Gasteiger partial charge is 0.179 e. The van der Waals surface area contributed by atoms with Gasteiger partial charge in [0.25, 0.3) is 0 Å². The molecule has 0 saturated heterocycles. The van der Waals surface area contributed by atoms with Crippen LogP contribution in [0.15, 0.2) is 64.4 Å². The minimum atomic E-state index is -3.36. The van der Waals surface area contributed by atoms with Gasteiger partial charge in [0.1, 0.15) is 5.84 Å². The molecular formula is C15H16N2O2S2. The van der Waals surface area contributed by atoms with Gasteiger partial charge in [-0.2, -0.15) is 0 Å². The van der Waals surface area contributed by atoms with E-state index in [-0.39, 0.29) is 16.5 Å². The zero-order valence-corrected chi connectivity index (χ0v) is 13.0. The van der Waals surface area contributed by atoms with Crippen LogP contribution in [-0.4, -0.2) is 25.8 Å². The maximum atomic E-state index is 12.3. The first-order valence-electron chi connectivity index (χ1n) is 6.34. The van der Waals surface area contributed by atoms with Crippen molar-refractivity contribution in [3.05, 3.63) is 60.2 Å². The summed E-state index contributed by atoms with van der Waals surface area (Å²) in [6.07, 6.45) is 0. The van der Waals surface area contributed by atoms with Gasteiger partial charge in [-0.05, 0) is 24.3 Å². The van der Waals surface area contributed by atoms with Crippen LogP contribution in [0.5, 0.6) is 0 Å². The van der Waals surface area contributed by atoms with Gasteiger partial charge in [-0.1, -0.05) is 30.3 Å². The molecule has 2 rings (SSSR count). The molecule has 0 atom stereocenters. The Morgan fingerprint density at radius 3 is 2.48 bits per heavy atom. The zero-order chi connectivity index (χ0) is 15.3. The van der Waals surface area contributed by atoms with Crippen molar-refractivity contribution in [2.24, 2.45) is 5.73 Å². The Bertz CT molecular complexity index is 728. The van der Waals surface area contributed by atoms with Crippen LogP contribution in [0.25, 0.3) is 0 Å². The van der Waals surface area contributed by atoms with Gasteiger partial charge in [-0.3, -0.25) is 5.41 Å². The van der Waals surface area contributed by atoms with E-state index >= 15 is 0 Å². The molecular weight excluding hydrogens is 304 g/mol. The van der Waals surface area contributed by atoms with Crippen LogP contribution in [0.3, 0.4) is 0 Å². The largest absolute Gasteiger partial charge is 0.384 e. The van der Waals surface area contributed by atoms with Crippen LogP contribution in [-0.2, 0) is 9.84 Å². The van der Waals surface area contributed by atoms with Crippen LogP contribution in [0.4, 0.5) is 0 Å². The lowest BCUT2D eigenvalue weighted by molar-refractivity contribution is 0.597. The molecule has 21 heavy (non-hydrogen) atoms. The molecule has 3 N–H and O–H groups in total. The number of nitrogens with one attached hydrogen (secondary N) is 1. The lowest BCUT2D eigenvalue weighted by Gasteiger charge is -2.06. The van der Waals surface area contributed by atoms with Crippen molar-refractivity contribution in [1.82, 2.24) is 0 Å². The van der Waals surface area contributed by atoms with E-state index in [2.05, 4.69) is 0 Å². The molecule has 0 aromatic heterocycles. The van der Waals surface area contributed by atoms with Gasteiger partial charge >= 0.3 is 0 Å². The van der Waals surface area contributed by atoms with Crippen molar-refractivity contribution < 1.29 is 8.42 Å². The summed E-state index contributed by atoms with van der Waals surface area (Å²) < 4.78 is 24.5. The lowest BCUT2D eigenvalue weighted by Crippen LogP contribution is -2.13. The van der Waals surface area contributed by atoms with E-state index in [0.717, 1.165) is 4.90 Å². The Hall–Kier alpha value is -1.79. The first-order valence-corrected chi connectivity index (χ1v) is 8.98. The average molecular weight is 320 g/mol. The third-order valence-electron chi connectivity index (χ3n) is 2.87. The van der Waals surface area contributed by atoms with Crippen LogP contribution in [0.2, 0.25) is 0 Å². The van der Waals surface area contributed by atoms with Gasteiger partial charge in [0.2, 0.25) is 0 Å². The van der Waals surface area contributed by atoms with Gasteiger partial charge < -0.3 is 5.73 Å². The molecule has 0 radical (unpaired) electrons. The minimum absolute atomic E-state index is 0.0495. The third kappa shape index (κ3) is 4.34. The van der Waals surface area contributed by atoms with E-state index in [1.807, 2.05) is 30.3 Å². The van der Waals surface area contributed by atoms with Crippen molar-refractivity contribution in [1.29, 1.82) is 5.41 Å². The summed E-state index contributed by atoms with van der Waals surface area (Å²) in [5.74, 6) is 0.399. The molecule has 6 heteroatoms.